The molecule has 10 heteroatoms. The average Bonchev–Trinajstić information content (AvgIpc) is 3.32. The first-order valence-electron chi connectivity index (χ1n) is 9.85. The minimum atomic E-state index is -0.484. The third-order valence-corrected chi connectivity index (χ3v) is 5.83. The van der Waals surface area contributed by atoms with E-state index in [2.05, 4.69) is 9.97 Å². The number of rotatable bonds is 7. The zero-order valence-electron chi connectivity index (χ0n) is 17.5. The second-order valence-corrected chi connectivity index (χ2v) is 8.63. The summed E-state index contributed by atoms with van der Waals surface area (Å²) in [6, 6.07) is 7.70. The van der Waals surface area contributed by atoms with E-state index in [1.165, 1.54) is 15.9 Å². The van der Waals surface area contributed by atoms with Crippen molar-refractivity contribution in [3.63, 3.8) is 0 Å². The highest BCUT2D eigenvalue weighted by atomic mass is 32.1. The van der Waals surface area contributed by atoms with Crippen molar-refractivity contribution < 1.29 is 9.84 Å². The summed E-state index contributed by atoms with van der Waals surface area (Å²) in [4.78, 5) is 35.9. The smallest absolute Gasteiger partial charge is 0.332 e. The van der Waals surface area contributed by atoms with E-state index < -0.39 is 11.2 Å². The third kappa shape index (κ3) is 4.04. The SMILES string of the molecule is Cc1ccc(Oc2nc3c(c(=O)n(CCCO)c(=O)n3C)n2Cc2ncc(C)s2)cc1. The van der Waals surface area contributed by atoms with Gasteiger partial charge < -0.3 is 9.84 Å². The Bertz CT molecular complexity index is 1350. The first-order valence-corrected chi connectivity index (χ1v) is 10.7. The summed E-state index contributed by atoms with van der Waals surface area (Å²) in [5.74, 6) is 0.572. The quantitative estimate of drug-likeness (QED) is 0.472. The molecule has 9 nitrogen and oxygen atoms in total. The number of aryl methyl sites for hydroxylation is 3. The van der Waals surface area contributed by atoms with Crippen molar-refractivity contribution in [1.82, 2.24) is 23.7 Å². The highest BCUT2D eigenvalue weighted by molar-refractivity contribution is 7.11. The maximum absolute atomic E-state index is 13.3. The zero-order valence-corrected chi connectivity index (χ0v) is 18.3. The highest BCUT2D eigenvalue weighted by Gasteiger charge is 2.22. The molecule has 31 heavy (non-hydrogen) atoms. The standard InChI is InChI=1S/C21H23N5O4S/c1-13-5-7-15(8-6-13)30-20-23-18-17(26(20)12-16-22-11-14(2)31-16)19(28)25(9-4-10-27)21(29)24(18)3/h5-8,11,27H,4,9-10,12H2,1-3H3. The van der Waals surface area contributed by atoms with Crippen molar-refractivity contribution in [2.45, 2.75) is 33.4 Å². The lowest BCUT2D eigenvalue weighted by molar-refractivity contribution is 0.277. The minimum Gasteiger partial charge on any atom is -0.425 e. The Balaban J connectivity index is 1.92. The van der Waals surface area contributed by atoms with Crippen LogP contribution in [0.5, 0.6) is 11.8 Å². The van der Waals surface area contributed by atoms with Crippen molar-refractivity contribution in [1.29, 1.82) is 0 Å². The van der Waals surface area contributed by atoms with Crippen molar-refractivity contribution in [2.75, 3.05) is 6.61 Å². The van der Waals surface area contributed by atoms with E-state index in [9.17, 15) is 9.59 Å². The van der Waals surface area contributed by atoms with E-state index in [0.717, 1.165) is 20.0 Å². The Morgan fingerprint density at radius 2 is 1.87 bits per heavy atom. The molecule has 0 saturated carbocycles. The van der Waals surface area contributed by atoms with Crippen LogP contribution in [0.4, 0.5) is 0 Å². The van der Waals surface area contributed by atoms with Crippen molar-refractivity contribution in [3.8, 4) is 11.8 Å². The Morgan fingerprint density at radius 1 is 1.13 bits per heavy atom. The van der Waals surface area contributed by atoms with Gasteiger partial charge in [0.1, 0.15) is 10.8 Å². The first-order chi connectivity index (χ1) is 14.9. The number of benzene rings is 1. The molecule has 0 aliphatic rings. The van der Waals surface area contributed by atoms with Gasteiger partial charge in [0.25, 0.3) is 5.56 Å². The van der Waals surface area contributed by atoms with Crippen LogP contribution in [0.2, 0.25) is 0 Å². The number of fused-ring (bicyclic) bond motifs is 1. The molecule has 0 bridgehead atoms. The fourth-order valence-corrected chi connectivity index (χ4v) is 4.10. The molecule has 4 aromatic rings. The van der Waals surface area contributed by atoms with Gasteiger partial charge in [-0.1, -0.05) is 17.7 Å². The summed E-state index contributed by atoms with van der Waals surface area (Å²) in [6.07, 6.45) is 2.07. The normalized spacial score (nSPS) is 11.4. The minimum absolute atomic E-state index is 0.118. The van der Waals surface area contributed by atoms with Crippen LogP contribution in [0.15, 0.2) is 40.1 Å². The maximum atomic E-state index is 13.3. The van der Waals surface area contributed by atoms with Crippen LogP contribution in [0.25, 0.3) is 11.2 Å². The van der Waals surface area contributed by atoms with E-state index in [-0.39, 0.29) is 36.9 Å². The fourth-order valence-electron chi connectivity index (χ4n) is 3.32. The molecule has 3 aromatic heterocycles. The van der Waals surface area contributed by atoms with Gasteiger partial charge in [0.05, 0.1) is 6.54 Å². The molecule has 0 radical (unpaired) electrons. The van der Waals surface area contributed by atoms with Gasteiger partial charge in [0, 0.05) is 31.3 Å². The van der Waals surface area contributed by atoms with E-state index in [1.54, 1.807) is 17.8 Å². The molecular weight excluding hydrogens is 418 g/mol. The van der Waals surface area contributed by atoms with Crippen LogP contribution in [0.1, 0.15) is 21.9 Å². The molecule has 0 saturated heterocycles. The van der Waals surface area contributed by atoms with Gasteiger partial charge in [0.2, 0.25) is 0 Å². The van der Waals surface area contributed by atoms with E-state index in [0.29, 0.717) is 12.2 Å². The zero-order chi connectivity index (χ0) is 22.1. The molecule has 0 aliphatic carbocycles. The number of imidazole rings is 1. The molecule has 1 N–H and O–H groups in total. The van der Waals surface area contributed by atoms with E-state index in [4.69, 9.17) is 9.84 Å². The number of nitrogens with zero attached hydrogens (tertiary/aromatic N) is 5. The molecule has 162 valence electrons. The molecule has 0 atom stereocenters. The number of aromatic nitrogens is 5. The molecule has 0 spiro atoms. The van der Waals surface area contributed by atoms with E-state index >= 15 is 0 Å². The second-order valence-electron chi connectivity index (χ2n) is 7.31. The fraction of sp³-hybridized carbons (Fsp3) is 0.333. The summed E-state index contributed by atoms with van der Waals surface area (Å²) in [7, 11) is 1.57. The first kappa shape index (κ1) is 21.0. The molecule has 4 rings (SSSR count). The predicted octanol–water partition coefficient (Wildman–Crippen LogP) is 2.19. The summed E-state index contributed by atoms with van der Waals surface area (Å²) < 4.78 is 10.1. The molecule has 0 fully saturated rings. The Morgan fingerprint density at radius 3 is 2.52 bits per heavy atom. The monoisotopic (exact) mass is 441 g/mol. The number of aliphatic hydroxyl groups is 1. The van der Waals surface area contributed by atoms with Gasteiger partial charge >= 0.3 is 11.7 Å². The molecule has 0 aliphatic heterocycles. The van der Waals surface area contributed by atoms with Gasteiger partial charge in [-0.2, -0.15) is 4.98 Å². The Kier molecular flexibility index (Phi) is 5.75. The summed E-state index contributed by atoms with van der Waals surface area (Å²) >= 11 is 1.52. The number of thiazole rings is 1. The van der Waals surface area contributed by atoms with Crippen LogP contribution in [0, 0.1) is 13.8 Å². The molecule has 1 aromatic carbocycles. The lowest BCUT2D eigenvalue weighted by Crippen LogP contribution is -2.39. The van der Waals surface area contributed by atoms with Gasteiger partial charge in [-0.3, -0.25) is 18.5 Å². The van der Waals surface area contributed by atoms with Crippen LogP contribution < -0.4 is 16.0 Å². The summed E-state index contributed by atoms with van der Waals surface area (Å²) in [5.41, 5.74) is 0.641. The number of aliphatic hydroxyl groups excluding tert-OH is 1. The second kappa shape index (κ2) is 8.48. The van der Waals surface area contributed by atoms with Crippen molar-refractivity contribution in [3.05, 3.63) is 66.7 Å². The van der Waals surface area contributed by atoms with Crippen molar-refractivity contribution in [2.24, 2.45) is 7.05 Å². The summed E-state index contributed by atoms with van der Waals surface area (Å²) in [6.45, 7) is 4.22. The van der Waals surface area contributed by atoms with E-state index in [1.807, 2.05) is 38.1 Å². The topological polar surface area (TPSA) is 104 Å². The van der Waals surface area contributed by atoms with Gasteiger partial charge in [-0.25, -0.2) is 9.78 Å². The third-order valence-electron chi connectivity index (χ3n) is 4.93. The maximum Gasteiger partial charge on any atom is 0.332 e. The molecule has 0 amide bonds. The Labute approximate surface area is 181 Å². The Hall–Kier alpha value is -3.24. The van der Waals surface area contributed by atoms with Gasteiger partial charge in [-0.05, 0) is 32.4 Å². The summed E-state index contributed by atoms with van der Waals surface area (Å²) in [5, 5.41) is 9.96. The van der Waals surface area contributed by atoms with Crippen LogP contribution >= 0.6 is 11.3 Å². The van der Waals surface area contributed by atoms with Crippen LogP contribution in [-0.4, -0.2) is 35.4 Å². The number of hydrogen-bond acceptors (Lipinski definition) is 7. The predicted molar refractivity (Wildman–Crippen MR) is 118 cm³/mol. The van der Waals surface area contributed by atoms with Gasteiger partial charge in [-0.15, -0.1) is 11.3 Å². The molecule has 3 heterocycles. The lowest BCUT2D eigenvalue weighted by atomic mass is 10.2. The highest BCUT2D eigenvalue weighted by Crippen LogP contribution is 2.26. The number of ether oxygens (including phenoxy) is 1. The van der Waals surface area contributed by atoms with Crippen molar-refractivity contribution >= 4 is 22.5 Å². The average molecular weight is 442 g/mol. The van der Waals surface area contributed by atoms with Gasteiger partial charge in [0.15, 0.2) is 11.2 Å². The molecule has 0 unspecified atom stereocenters. The largest absolute Gasteiger partial charge is 0.425 e. The van der Waals surface area contributed by atoms with Crippen LogP contribution in [-0.2, 0) is 20.1 Å². The number of hydrogen-bond donors (Lipinski definition) is 1. The lowest BCUT2D eigenvalue weighted by Gasteiger charge is -2.10. The van der Waals surface area contributed by atoms with Crippen LogP contribution in [0.3, 0.4) is 0 Å². The molecular formula is C21H23N5O4S.